The minimum absolute atomic E-state index is 0.0843. The molecule has 7 atom stereocenters. The van der Waals surface area contributed by atoms with Crippen molar-refractivity contribution in [1.29, 1.82) is 0 Å². The van der Waals surface area contributed by atoms with E-state index in [2.05, 4.69) is 19.9 Å². The van der Waals surface area contributed by atoms with Gasteiger partial charge in [0.15, 0.2) is 12.6 Å². The standard InChI is InChI=1S/C23H38O5/c1-22-10-4-3-5-13(22)6-8-15-17-9-7-14(11-16(20(25)26)21(27)28)23(17,2)12-18(24)19(15)22/h6,14-21,24-28H,3-5,7-12H2,1-2H3/t14-,15+,17+,18?,19-,22+,23-/m1/s1. The molecule has 5 heteroatoms. The Balaban J connectivity index is 1.60. The fraction of sp³-hybridized carbons (Fsp3) is 0.913. The van der Waals surface area contributed by atoms with Crippen molar-refractivity contribution in [2.75, 3.05) is 0 Å². The Labute approximate surface area is 168 Å². The van der Waals surface area contributed by atoms with Gasteiger partial charge in [0.1, 0.15) is 0 Å². The van der Waals surface area contributed by atoms with Gasteiger partial charge in [-0.2, -0.15) is 0 Å². The zero-order valence-electron chi connectivity index (χ0n) is 17.3. The van der Waals surface area contributed by atoms with E-state index in [9.17, 15) is 25.5 Å². The number of hydrogen-bond donors (Lipinski definition) is 5. The summed E-state index contributed by atoms with van der Waals surface area (Å²) < 4.78 is 0. The van der Waals surface area contributed by atoms with E-state index in [1.807, 2.05) is 0 Å². The van der Waals surface area contributed by atoms with Crippen molar-refractivity contribution in [1.82, 2.24) is 0 Å². The number of aliphatic hydroxyl groups excluding tert-OH is 3. The van der Waals surface area contributed by atoms with E-state index < -0.39 is 18.5 Å². The minimum Gasteiger partial charge on any atom is -0.393 e. The first kappa shape index (κ1) is 20.8. The number of allylic oxidation sites excluding steroid dienone is 2. The summed E-state index contributed by atoms with van der Waals surface area (Å²) in [5.41, 5.74) is 1.62. The Morgan fingerprint density at radius 1 is 1.07 bits per heavy atom. The summed E-state index contributed by atoms with van der Waals surface area (Å²) in [5, 5.41) is 49.8. The van der Waals surface area contributed by atoms with E-state index in [1.165, 1.54) is 25.7 Å². The molecule has 0 aromatic carbocycles. The van der Waals surface area contributed by atoms with Crippen LogP contribution in [0.4, 0.5) is 0 Å². The van der Waals surface area contributed by atoms with Gasteiger partial charge in [-0.25, -0.2) is 0 Å². The maximum absolute atomic E-state index is 11.4. The molecule has 0 amide bonds. The third-order valence-corrected chi connectivity index (χ3v) is 9.47. The molecule has 0 aliphatic heterocycles. The van der Waals surface area contributed by atoms with E-state index >= 15 is 0 Å². The first-order valence-corrected chi connectivity index (χ1v) is 11.3. The van der Waals surface area contributed by atoms with Crippen molar-refractivity contribution in [3.05, 3.63) is 11.6 Å². The molecule has 4 aliphatic rings. The van der Waals surface area contributed by atoms with Gasteiger partial charge in [0, 0.05) is 0 Å². The lowest BCUT2D eigenvalue weighted by Gasteiger charge is -2.59. The predicted octanol–water partition coefficient (Wildman–Crippen LogP) is 2.55. The minimum atomic E-state index is -1.73. The highest BCUT2D eigenvalue weighted by molar-refractivity contribution is 5.25. The van der Waals surface area contributed by atoms with Gasteiger partial charge in [-0.05, 0) is 85.9 Å². The Morgan fingerprint density at radius 2 is 1.79 bits per heavy atom. The number of hydrogen-bond acceptors (Lipinski definition) is 5. The van der Waals surface area contributed by atoms with Gasteiger partial charge in [0.25, 0.3) is 0 Å². The van der Waals surface area contributed by atoms with Crippen LogP contribution in [-0.4, -0.2) is 44.2 Å². The van der Waals surface area contributed by atoms with Crippen LogP contribution in [0, 0.1) is 40.4 Å². The van der Waals surface area contributed by atoms with E-state index in [0.717, 1.165) is 25.7 Å². The molecule has 3 saturated carbocycles. The zero-order chi connectivity index (χ0) is 20.3. The molecule has 0 aromatic heterocycles. The second kappa shape index (κ2) is 7.35. The third kappa shape index (κ3) is 3.09. The maximum Gasteiger partial charge on any atom is 0.159 e. The summed E-state index contributed by atoms with van der Waals surface area (Å²) in [4.78, 5) is 0. The van der Waals surface area contributed by atoms with Gasteiger partial charge >= 0.3 is 0 Å². The van der Waals surface area contributed by atoms with Crippen LogP contribution < -0.4 is 0 Å². The van der Waals surface area contributed by atoms with Gasteiger partial charge in [0.05, 0.1) is 12.0 Å². The largest absolute Gasteiger partial charge is 0.393 e. The monoisotopic (exact) mass is 394 g/mol. The van der Waals surface area contributed by atoms with Crippen LogP contribution in [0.3, 0.4) is 0 Å². The number of aliphatic hydroxyl groups is 5. The molecule has 0 aromatic rings. The van der Waals surface area contributed by atoms with E-state index in [-0.39, 0.29) is 22.9 Å². The molecule has 28 heavy (non-hydrogen) atoms. The van der Waals surface area contributed by atoms with Crippen molar-refractivity contribution in [3.63, 3.8) is 0 Å². The van der Waals surface area contributed by atoms with E-state index in [0.29, 0.717) is 24.2 Å². The molecule has 5 N–H and O–H groups in total. The van der Waals surface area contributed by atoms with Gasteiger partial charge in [0.2, 0.25) is 0 Å². The molecule has 3 fully saturated rings. The van der Waals surface area contributed by atoms with Crippen LogP contribution in [0.25, 0.3) is 0 Å². The fourth-order valence-corrected chi connectivity index (χ4v) is 8.05. The maximum atomic E-state index is 11.4. The Hall–Kier alpha value is -0.460. The average Bonchev–Trinajstić information content (AvgIpc) is 2.93. The first-order valence-electron chi connectivity index (χ1n) is 11.3. The molecule has 0 heterocycles. The Bertz CT molecular complexity index is 608. The molecule has 0 bridgehead atoms. The molecule has 160 valence electrons. The quantitative estimate of drug-likeness (QED) is 0.373. The molecule has 1 unspecified atom stereocenters. The molecular formula is C23H38O5. The average molecular weight is 395 g/mol. The highest BCUT2D eigenvalue weighted by Crippen LogP contribution is 2.66. The van der Waals surface area contributed by atoms with Crippen molar-refractivity contribution < 1.29 is 25.5 Å². The van der Waals surface area contributed by atoms with Crippen LogP contribution in [0.2, 0.25) is 0 Å². The van der Waals surface area contributed by atoms with Crippen molar-refractivity contribution >= 4 is 0 Å². The normalized spacial score (nSPS) is 45.8. The summed E-state index contributed by atoms with van der Waals surface area (Å²) in [6.45, 7) is 4.63. The molecule has 0 spiro atoms. The topological polar surface area (TPSA) is 101 Å². The summed E-state index contributed by atoms with van der Waals surface area (Å²) in [5.74, 6) is 0.527. The van der Waals surface area contributed by atoms with Crippen molar-refractivity contribution in [3.8, 4) is 0 Å². The van der Waals surface area contributed by atoms with Crippen molar-refractivity contribution in [2.45, 2.75) is 90.3 Å². The lowest BCUT2D eigenvalue weighted by molar-refractivity contribution is -0.189. The Morgan fingerprint density at radius 3 is 2.46 bits per heavy atom. The van der Waals surface area contributed by atoms with Gasteiger partial charge in [-0.1, -0.05) is 31.9 Å². The molecule has 4 rings (SSSR count). The third-order valence-electron chi connectivity index (χ3n) is 9.47. The second-order valence-electron chi connectivity index (χ2n) is 10.7. The summed E-state index contributed by atoms with van der Waals surface area (Å²) in [7, 11) is 0. The highest BCUT2D eigenvalue weighted by Gasteiger charge is 2.61. The zero-order valence-corrected chi connectivity index (χ0v) is 17.3. The van der Waals surface area contributed by atoms with Crippen molar-refractivity contribution in [2.24, 2.45) is 40.4 Å². The smallest absolute Gasteiger partial charge is 0.159 e. The molecule has 0 radical (unpaired) electrons. The van der Waals surface area contributed by atoms with Crippen LogP contribution in [-0.2, 0) is 0 Å². The predicted molar refractivity (Wildman–Crippen MR) is 106 cm³/mol. The lowest BCUT2D eigenvalue weighted by Crippen LogP contribution is -2.56. The molecule has 5 nitrogen and oxygen atoms in total. The van der Waals surface area contributed by atoms with Crippen LogP contribution in [0.5, 0.6) is 0 Å². The molecule has 4 aliphatic carbocycles. The Kier molecular flexibility index (Phi) is 5.46. The van der Waals surface area contributed by atoms with Gasteiger partial charge < -0.3 is 25.5 Å². The van der Waals surface area contributed by atoms with Crippen LogP contribution in [0.1, 0.15) is 71.6 Å². The lowest BCUT2D eigenvalue weighted by atomic mass is 9.46. The van der Waals surface area contributed by atoms with Gasteiger partial charge in [-0.15, -0.1) is 0 Å². The summed E-state index contributed by atoms with van der Waals surface area (Å²) in [6.07, 6.45) is 7.77. The number of fused-ring (bicyclic) bond motifs is 5. The highest BCUT2D eigenvalue weighted by atomic mass is 16.5. The van der Waals surface area contributed by atoms with E-state index in [1.54, 1.807) is 5.57 Å². The summed E-state index contributed by atoms with van der Waals surface area (Å²) >= 11 is 0. The molecule has 0 saturated heterocycles. The van der Waals surface area contributed by atoms with E-state index in [4.69, 9.17) is 0 Å². The number of rotatable bonds is 4. The van der Waals surface area contributed by atoms with Gasteiger partial charge in [-0.3, -0.25) is 0 Å². The van der Waals surface area contributed by atoms with Crippen LogP contribution >= 0.6 is 0 Å². The molecular weight excluding hydrogens is 356 g/mol. The fourth-order valence-electron chi connectivity index (χ4n) is 8.05. The summed E-state index contributed by atoms with van der Waals surface area (Å²) in [6, 6.07) is 0. The van der Waals surface area contributed by atoms with Crippen LogP contribution in [0.15, 0.2) is 11.6 Å². The first-order chi connectivity index (χ1) is 13.2. The second-order valence-corrected chi connectivity index (χ2v) is 10.7. The SMILES string of the molecule is C[C@]12CC(O)[C@H]3[C@@H](CC=C4CCCC[C@@]43C)[C@@H]1CC[C@@H]2CC(C(O)O)C(O)O.